The maximum Gasteiger partial charge on any atom is 0.336 e. The molecule has 0 saturated carbocycles. The minimum atomic E-state index is -0.610. The summed E-state index contributed by atoms with van der Waals surface area (Å²) >= 11 is 0. The van der Waals surface area contributed by atoms with Crippen LogP contribution in [0.5, 0.6) is 17.2 Å². The van der Waals surface area contributed by atoms with Crippen LogP contribution in [0.15, 0.2) is 46.0 Å². The molecule has 2 heterocycles. The average molecular weight is 482 g/mol. The first-order valence-corrected chi connectivity index (χ1v) is 11.8. The van der Waals surface area contributed by atoms with E-state index in [0.717, 1.165) is 30.3 Å². The standard InChI is InChI=1S/C26H31N3O6/c1-5-17-10-8-9-13-27(17)23(30)16-28-20-12-7-6-11-19(20)25(31)29(26(28)32)18-14-21(33-2)24(35-4)22(15-18)34-3/h6-7,11-12,14-15,17H,5,8-10,13,16H2,1-4H3/t17-/m0/s1. The molecular formula is C26H31N3O6. The lowest BCUT2D eigenvalue weighted by Crippen LogP contribution is -2.47. The van der Waals surface area contributed by atoms with Gasteiger partial charge in [-0.3, -0.25) is 14.2 Å². The monoisotopic (exact) mass is 481 g/mol. The summed E-state index contributed by atoms with van der Waals surface area (Å²) in [5.41, 5.74) is -0.426. The molecule has 0 aliphatic carbocycles. The second-order valence-electron chi connectivity index (χ2n) is 8.55. The van der Waals surface area contributed by atoms with Gasteiger partial charge in [0, 0.05) is 24.7 Å². The molecule has 0 unspecified atom stereocenters. The Morgan fingerprint density at radius 2 is 1.69 bits per heavy atom. The Balaban J connectivity index is 1.91. The molecule has 1 amide bonds. The second kappa shape index (κ2) is 10.2. The van der Waals surface area contributed by atoms with Gasteiger partial charge in [0.1, 0.15) is 6.54 Å². The van der Waals surface area contributed by atoms with E-state index in [1.54, 1.807) is 36.4 Å². The number of nitrogens with zero attached hydrogens (tertiary/aromatic N) is 3. The van der Waals surface area contributed by atoms with Gasteiger partial charge in [-0.15, -0.1) is 0 Å². The number of rotatable bonds is 7. The fourth-order valence-electron chi connectivity index (χ4n) is 4.88. The number of amides is 1. The van der Waals surface area contributed by atoms with Crippen LogP contribution in [0.3, 0.4) is 0 Å². The second-order valence-corrected chi connectivity index (χ2v) is 8.55. The lowest BCUT2D eigenvalue weighted by Gasteiger charge is -2.35. The molecule has 0 spiro atoms. The highest BCUT2D eigenvalue weighted by atomic mass is 16.5. The molecule has 1 atom stereocenters. The van der Waals surface area contributed by atoms with E-state index in [-0.39, 0.29) is 24.2 Å². The summed E-state index contributed by atoms with van der Waals surface area (Å²) in [4.78, 5) is 42.5. The Kier molecular flexibility index (Phi) is 7.14. The number of para-hydroxylation sites is 1. The number of hydrogen-bond acceptors (Lipinski definition) is 6. The van der Waals surface area contributed by atoms with E-state index < -0.39 is 11.2 Å². The summed E-state index contributed by atoms with van der Waals surface area (Å²) in [6, 6.07) is 10.1. The number of carbonyl (C=O) groups is 1. The van der Waals surface area contributed by atoms with Gasteiger partial charge in [-0.05, 0) is 37.8 Å². The molecule has 0 N–H and O–H groups in total. The molecule has 1 aliphatic heterocycles. The van der Waals surface area contributed by atoms with Crippen LogP contribution in [0.2, 0.25) is 0 Å². The molecule has 1 aromatic heterocycles. The molecular weight excluding hydrogens is 450 g/mol. The topological polar surface area (TPSA) is 92.0 Å². The lowest BCUT2D eigenvalue weighted by molar-refractivity contribution is -0.135. The van der Waals surface area contributed by atoms with Crippen LogP contribution in [-0.2, 0) is 11.3 Å². The van der Waals surface area contributed by atoms with Gasteiger partial charge >= 0.3 is 5.69 Å². The SMILES string of the molecule is CC[C@H]1CCCCN1C(=O)Cn1c(=O)n(-c2cc(OC)c(OC)c(OC)c2)c(=O)c2ccccc21. The first-order chi connectivity index (χ1) is 16.9. The highest BCUT2D eigenvalue weighted by Crippen LogP contribution is 2.38. The average Bonchev–Trinajstić information content (AvgIpc) is 2.90. The molecule has 186 valence electrons. The third kappa shape index (κ3) is 4.38. The number of carbonyl (C=O) groups excluding carboxylic acids is 1. The van der Waals surface area contributed by atoms with Crippen molar-refractivity contribution >= 4 is 16.8 Å². The normalized spacial score (nSPS) is 15.8. The van der Waals surface area contributed by atoms with Gasteiger partial charge in [0.25, 0.3) is 5.56 Å². The zero-order chi connectivity index (χ0) is 25.1. The van der Waals surface area contributed by atoms with Crippen LogP contribution in [0.1, 0.15) is 32.6 Å². The van der Waals surface area contributed by atoms with Crippen molar-refractivity contribution in [2.75, 3.05) is 27.9 Å². The van der Waals surface area contributed by atoms with Crippen LogP contribution in [0.25, 0.3) is 16.6 Å². The van der Waals surface area contributed by atoms with Gasteiger partial charge in [-0.25, -0.2) is 9.36 Å². The molecule has 0 radical (unpaired) electrons. The summed E-state index contributed by atoms with van der Waals surface area (Å²) in [6.45, 7) is 2.60. The maximum absolute atomic E-state index is 13.8. The minimum absolute atomic E-state index is 0.126. The molecule has 1 aliphatic rings. The third-order valence-electron chi connectivity index (χ3n) is 6.67. The van der Waals surface area contributed by atoms with Crippen LogP contribution < -0.4 is 25.5 Å². The molecule has 9 heteroatoms. The third-order valence-corrected chi connectivity index (χ3v) is 6.67. The summed E-state index contributed by atoms with van der Waals surface area (Å²) < 4.78 is 18.6. The van der Waals surface area contributed by atoms with Gasteiger partial charge in [-0.1, -0.05) is 19.1 Å². The number of likely N-dealkylation sites (tertiary alicyclic amines) is 1. The lowest BCUT2D eigenvalue weighted by atomic mass is 10.00. The summed E-state index contributed by atoms with van der Waals surface area (Å²) in [6.07, 6.45) is 3.87. The van der Waals surface area contributed by atoms with E-state index in [0.29, 0.717) is 34.7 Å². The summed E-state index contributed by atoms with van der Waals surface area (Å²) in [5.74, 6) is 0.837. The highest BCUT2D eigenvalue weighted by molar-refractivity contribution is 5.82. The molecule has 1 fully saturated rings. The number of hydrogen-bond donors (Lipinski definition) is 0. The quantitative estimate of drug-likeness (QED) is 0.515. The van der Waals surface area contributed by atoms with E-state index in [1.165, 1.54) is 25.9 Å². The fourth-order valence-corrected chi connectivity index (χ4v) is 4.88. The fraction of sp³-hybridized carbons (Fsp3) is 0.423. The van der Waals surface area contributed by atoms with E-state index >= 15 is 0 Å². The smallest absolute Gasteiger partial charge is 0.336 e. The zero-order valence-electron chi connectivity index (χ0n) is 20.6. The van der Waals surface area contributed by atoms with Crippen molar-refractivity contribution in [3.8, 4) is 22.9 Å². The maximum atomic E-state index is 13.8. The van der Waals surface area contributed by atoms with Gasteiger partial charge in [0.05, 0.1) is 37.9 Å². The number of ether oxygens (including phenoxy) is 3. The minimum Gasteiger partial charge on any atom is -0.493 e. The van der Waals surface area contributed by atoms with Crippen molar-refractivity contribution in [2.24, 2.45) is 0 Å². The first kappa shape index (κ1) is 24.4. The highest BCUT2D eigenvalue weighted by Gasteiger charge is 2.27. The van der Waals surface area contributed by atoms with Crippen molar-refractivity contribution in [1.82, 2.24) is 14.0 Å². The number of benzene rings is 2. The van der Waals surface area contributed by atoms with Crippen LogP contribution in [0, 0.1) is 0 Å². The molecule has 4 rings (SSSR count). The van der Waals surface area contributed by atoms with E-state index in [2.05, 4.69) is 6.92 Å². The van der Waals surface area contributed by atoms with Gasteiger partial charge in [-0.2, -0.15) is 0 Å². The van der Waals surface area contributed by atoms with Crippen molar-refractivity contribution in [3.63, 3.8) is 0 Å². The summed E-state index contributed by atoms with van der Waals surface area (Å²) in [5, 5.41) is 0.333. The predicted molar refractivity (Wildman–Crippen MR) is 133 cm³/mol. The number of aromatic nitrogens is 2. The molecule has 2 aromatic carbocycles. The Labute approximate surface area is 203 Å². The number of fused-ring (bicyclic) bond motifs is 1. The Morgan fingerprint density at radius 3 is 2.31 bits per heavy atom. The van der Waals surface area contributed by atoms with E-state index in [4.69, 9.17) is 14.2 Å². The molecule has 0 bridgehead atoms. The number of piperidine rings is 1. The van der Waals surface area contributed by atoms with E-state index in [1.807, 2.05) is 4.90 Å². The molecule has 9 nitrogen and oxygen atoms in total. The molecule has 3 aromatic rings. The van der Waals surface area contributed by atoms with Gasteiger partial charge < -0.3 is 19.1 Å². The van der Waals surface area contributed by atoms with Crippen molar-refractivity contribution in [1.29, 1.82) is 0 Å². The molecule has 1 saturated heterocycles. The largest absolute Gasteiger partial charge is 0.493 e. The van der Waals surface area contributed by atoms with Crippen LogP contribution >= 0.6 is 0 Å². The van der Waals surface area contributed by atoms with Gasteiger partial charge in [0.2, 0.25) is 11.7 Å². The van der Waals surface area contributed by atoms with E-state index in [9.17, 15) is 14.4 Å². The van der Waals surface area contributed by atoms with Crippen molar-refractivity contribution in [2.45, 2.75) is 45.2 Å². The summed E-state index contributed by atoms with van der Waals surface area (Å²) in [7, 11) is 4.40. The van der Waals surface area contributed by atoms with Crippen LogP contribution in [0.4, 0.5) is 0 Å². The molecule has 35 heavy (non-hydrogen) atoms. The van der Waals surface area contributed by atoms with Crippen LogP contribution in [-0.4, -0.2) is 53.9 Å². The van der Waals surface area contributed by atoms with Crippen molar-refractivity contribution in [3.05, 3.63) is 57.2 Å². The number of methoxy groups -OCH3 is 3. The predicted octanol–water partition coefficient (Wildman–Crippen LogP) is 2.97. The Bertz CT molecular complexity index is 1330. The Morgan fingerprint density at radius 1 is 1.00 bits per heavy atom. The van der Waals surface area contributed by atoms with Crippen molar-refractivity contribution < 1.29 is 19.0 Å². The Hall–Kier alpha value is -3.75. The van der Waals surface area contributed by atoms with Gasteiger partial charge in [0.15, 0.2) is 11.5 Å². The first-order valence-electron chi connectivity index (χ1n) is 11.8. The zero-order valence-corrected chi connectivity index (χ0v) is 20.6.